The Morgan fingerprint density at radius 3 is 2.57 bits per heavy atom. The van der Waals surface area contributed by atoms with Gasteiger partial charge in [-0.15, -0.1) is 12.4 Å². The third kappa shape index (κ3) is 4.17. The molecule has 2 aromatic rings. The van der Waals surface area contributed by atoms with Crippen LogP contribution in [0.4, 0.5) is 0 Å². The van der Waals surface area contributed by atoms with Crippen molar-refractivity contribution < 1.29 is 4.52 Å². The lowest BCUT2D eigenvalue weighted by molar-refractivity contribution is 0.182. The molecule has 1 aliphatic rings. The van der Waals surface area contributed by atoms with Crippen LogP contribution < -0.4 is 5.73 Å². The topological polar surface area (TPSA) is 68.2 Å². The number of nitrogens with two attached hydrogens (primary N) is 1. The van der Waals surface area contributed by atoms with E-state index in [4.69, 9.17) is 21.9 Å². The number of hydrogen-bond donors (Lipinski definition) is 1. The molecule has 21 heavy (non-hydrogen) atoms. The van der Waals surface area contributed by atoms with Gasteiger partial charge in [-0.3, -0.25) is 4.90 Å². The first-order valence-corrected chi connectivity index (χ1v) is 7.15. The molecule has 0 radical (unpaired) electrons. The molecular formula is C14H18Cl2N4O. The SMILES string of the molecule is Cl.NC1CCN(Cc2nc(-c3ccc(Cl)cc3)no2)CC1. The highest BCUT2D eigenvalue weighted by Gasteiger charge is 2.18. The molecule has 114 valence electrons. The average Bonchev–Trinajstić information content (AvgIpc) is 2.91. The summed E-state index contributed by atoms with van der Waals surface area (Å²) in [7, 11) is 0. The monoisotopic (exact) mass is 328 g/mol. The van der Waals surface area contributed by atoms with E-state index in [1.807, 2.05) is 24.3 Å². The Kier molecular flexibility index (Phi) is 5.58. The third-order valence-electron chi connectivity index (χ3n) is 3.56. The lowest BCUT2D eigenvalue weighted by Crippen LogP contribution is -2.39. The van der Waals surface area contributed by atoms with Gasteiger partial charge in [-0.2, -0.15) is 4.98 Å². The predicted molar refractivity (Wildman–Crippen MR) is 84.5 cm³/mol. The van der Waals surface area contributed by atoms with Gasteiger partial charge in [-0.05, 0) is 37.1 Å². The van der Waals surface area contributed by atoms with E-state index < -0.39 is 0 Å². The zero-order chi connectivity index (χ0) is 13.9. The first-order valence-electron chi connectivity index (χ1n) is 6.77. The summed E-state index contributed by atoms with van der Waals surface area (Å²) in [6.07, 6.45) is 2.05. The summed E-state index contributed by atoms with van der Waals surface area (Å²) < 4.78 is 5.31. The summed E-state index contributed by atoms with van der Waals surface area (Å²) in [4.78, 5) is 6.72. The number of piperidine rings is 1. The fourth-order valence-corrected chi connectivity index (χ4v) is 2.46. The number of nitrogens with zero attached hydrogens (tertiary/aromatic N) is 3. The van der Waals surface area contributed by atoms with Gasteiger partial charge >= 0.3 is 0 Å². The Hall–Kier alpha value is -1.14. The molecule has 0 unspecified atom stereocenters. The molecule has 5 nitrogen and oxygen atoms in total. The van der Waals surface area contributed by atoms with Crippen LogP contribution in [0.2, 0.25) is 5.02 Å². The van der Waals surface area contributed by atoms with Crippen LogP contribution in [-0.2, 0) is 6.54 Å². The highest BCUT2D eigenvalue weighted by atomic mass is 35.5. The molecule has 1 saturated heterocycles. The summed E-state index contributed by atoms with van der Waals surface area (Å²) in [5.41, 5.74) is 6.80. The first kappa shape index (κ1) is 16.2. The maximum Gasteiger partial charge on any atom is 0.241 e. The summed E-state index contributed by atoms with van der Waals surface area (Å²) in [6.45, 7) is 2.66. The van der Waals surface area contributed by atoms with Crippen LogP contribution in [0.25, 0.3) is 11.4 Å². The third-order valence-corrected chi connectivity index (χ3v) is 3.81. The molecule has 0 spiro atoms. The van der Waals surface area contributed by atoms with Crippen molar-refractivity contribution >= 4 is 24.0 Å². The summed E-state index contributed by atoms with van der Waals surface area (Å²) in [6, 6.07) is 7.74. The lowest BCUT2D eigenvalue weighted by Gasteiger charge is -2.28. The van der Waals surface area contributed by atoms with Crippen molar-refractivity contribution in [3.8, 4) is 11.4 Å². The molecule has 0 saturated carbocycles. The van der Waals surface area contributed by atoms with Crippen LogP contribution in [0.5, 0.6) is 0 Å². The molecule has 1 aromatic heterocycles. The van der Waals surface area contributed by atoms with Gasteiger partial charge in [0, 0.05) is 29.7 Å². The van der Waals surface area contributed by atoms with E-state index in [2.05, 4.69) is 15.0 Å². The second kappa shape index (κ2) is 7.22. The second-order valence-electron chi connectivity index (χ2n) is 5.13. The highest BCUT2D eigenvalue weighted by Crippen LogP contribution is 2.19. The van der Waals surface area contributed by atoms with E-state index in [0.717, 1.165) is 31.5 Å². The number of rotatable bonds is 3. The maximum atomic E-state index is 5.89. The van der Waals surface area contributed by atoms with Crippen molar-refractivity contribution in [2.24, 2.45) is 5.73 Å². The minimum atomic E-state index is 0. The molecular weight excluding hydrogens is 311 g/mol. The van der Waals surface area contributed by atoms with E-state index in [9.17, 15) is 0 Å². The van der Waals surface area contributed by atoms with Crippen LogP contribution >= 0.6 is 24.0 Å². The zero-order valence-corrected chi connectivity index (χ0v) is 13.1. The zero-order valence-electron chi connectivity index (χ0n) is 11.5. The Bertz CT molecular complexity index is 565. The van der Waals surface area contributed by atoms with Crippen molar-refractivity contribution in [2.45, 2.75) is 25.4 Å². The molecule has 3 rings (SSSR count). The maximum absolute atomic E-state index is 5.89. The van der Waals surface area contributed by atoms with Gasteiger partial charge in [0.25, 0.3) is 0 Å². The molecule has 1 fully saturated rings. The van der Waals surface area contributed by atoms with Gasteiger partial charge in [-0.25, -0.2) is 0 Å². The fraction of sp³-hybridized carbons (Fsp3) is 0.429. The largest absolute Gasteiger partial charge is 0.338 e. The summed E-state index contributed by atoms with van der Waals surface area (Å²) in [5, 5.41) is 4.71. The van der Waals surface area contributed by atoms with Crippen molar-refractivity contribution in [2.75, 3.05) is 13.1 Å². The molecule has 1 aromatic carbocycles. The van der Waals surface area contributed by atoms with E-state index in [-0.39, 0.29) is 12.4 Å². The Morgan fingerprint density at radius 1 is 1.24 bits per heavy atom. The quantitative estimate of drug-likeness (QED) is 0.938. The van der Waals surface area contributed by atoms with Gasteiger partial charge in [-0.1, -0.05) is 16.8 Å². The van der Waals surface area contributed by atoms with Crippen molar-refractivity contribution in [1.82, 2.24) is 15.0 Å². The molecule has 0 bridgehead atoms. The smallest absolute Gasteiger partial charge is 0.241 e. The number of hydrogen-bond acceptors (Lipinski definition) is 5. The van der Waals surface area contributed by atoms with Gasteiger partial charge < -0.3 is 10.3 Å². The minimum Gasteiger partial charge on any atom is -0.338 e. The van der Waals surface area contributed by atoms with E-state index in [1.165, 1.54) is 0 Å². The number of halogens is 2. The van der Waals surface area contributed by atoms with Gasteiger partial charge in [0.1, 0.15) is 0 Å². The normalized spacial score (nSPS) is 16.7. The molecule has 2 heterocycles. The van der Waals surface area contributed by atoms with Gasteiger partial charge in [0.15, 0.2) is 0 Å². The van der Waals surface area contributed by atoms with Crippen LogP contribution in [-0.4, -0.2) is 34.2 Å². The Labute approximate surface area is 134 Å². The summed E-state index contributed by atoms with van der Waals surface area (Å²) >= 11 is 5.86. The molecule has 0 aliphatic carbocycles. The van der Waals surface area contributed by atoms with Gasteiger partial charge in [0.2, 0.25) is 11.7 Å². The molecule has 0 amide bonds. The van der Waals surface area contributed by atoms with E-state index >= 15 is 0 Å². The Morgan fingerprint density at radius 2 is 1.90 bits per heavy atom. The van der Waals surface area contributed by atoms with Crippen molar-refractivity contribution in [3.63, 3.8) is 0 Å². The number of benzene rings is 1. The lowest BCUT2D eigenvalue weighted by atomic mass is 10.1. The average molecular weight is 329 g/mol. The first-order chi connectivity index (χ1) is 9.70. The van der Waals surface area contributed by atoms with Crippen LogP contribution in [0.15, 0.2) is 28.8 Å². The number of aromatic nitrogens is 2. The Balaban J connectivity index is 0.00000161. The second-order valence-corrected chi connectivity index (χ2v) is 5.57. The van der Waals surface area contributed by atoms with Crippen LogP contribution in [0.1, 0.15) is 18.7 Å². The fourth-order valence-electron chi connectivity index (χ4n) is 2.34. The minimum absolute atomic E-state index is 0. The molecule has 7 heteroatoms. The molecule has 0 atom stereocenters. The standard InChI is InChI=1S/C14H17ClN4O.ClH/c15-11-3-1-10(2-4-11)14-17-13(20-18-14)9-19-7-5-12(16)6-8-19;/h1-4,12H,5-9,16H2;1H. The van der Waals surface area contributed by atoms with Crippen LogP contribution in [0, 0.1) is 0 Å². The highest BCUT2D eigenvalue weighted by molar-refractivity contribution is 6.30. The molecule has 2 N–H and O–H groups in total. The summed E-state index contributed by atoms with van der Waals surface area (Å²) in [5.74, 6) is 1.25. The van der Waals surface area contributed by atoms with E-state index in [1.54, 1.807) is 0 Å². The van der Waals surface area contributed by atoms with Crippen molar-refractivity contribution in [3.05, 3.63) is 35.2 Å². The van der Waals surface area contributed by atoms with Gasteiger partial charge in [0.05, 0.1) is 6.54 Å². The predicted octanol–water partition coefficient (Wildman–Crippen LogP) is 2.73. The number of likely N-dealkylation sites (tertiary alicyclic amines) is 1. The van der Waals surface area contributed by atoms with E-state index in [0.29, 0.717) is 29.3 Å². The van der Waals surface area contributed by atoms with Crippen molar-refractivity contribution in [1.29, 1.82) is 0 Å². The molecule has 1 aliphatic heterocycles. The van der Waals surface area contributed by atoms with Crippen LogP contribution in [0.3, 0.4) is 0 Å².